The maximum Gasteiger partial charge on any atom is 0.269 e. The van der Waals surface area contributed by atoms with Gasteiger partial charge in [0.25, 0.3) is 5.56 Å². The number of hydrogen-bond donors (Lipinski definition) is 1. The Kier molecular flexibility index (Phi) is 7.19. The number of benzene rings is 2. The Morgan fingerprint density at radius 1 is 1.17 bits per heavy atom. The average molecular weight is 409 g/mol. The molecule has 3 aromatic rings. The van der Waals surface area contributed by atoms with Crippen LogP contribution < -0.4 is 15.6 Å². The Balaban J connectivity index is 1.78. The van der Waals surface area contributed by atoms with Gasteiger partial charge in [0.05, 0.1) is 30.4 Å². The standard InChI is InChI=1S/C23H28N4O3/c1-4-26(5-2)21(17-9-8-10-18(13-17)30-3)14-25-22(28)16-27-20-12-7-6-11-19(20)24-15-23(27)29/h6-13,15,21H,4-5,14,16H2,1-3H3,(H,25,28). The zero-order valence-electron chi connectivity index (χ0n) is 17.7. The topological polar surface area (TPSA) is 76.5 Å². The second kappa shape index (κ2) is 10.0. The van der Waals surface area contributed by atoms with Gasteiger partial charge in [-0.3, -0.25) is 19.1 Å². The maximum atomic E-state index is 12.7. The zero-order chi connectivity index (χ0) is 21.5. The van der Waals surface area contributed by atoms with Gasteiger partial charge >= 0.3 is 0 Å². The number of methoxy groups -OCH3 is 1. The summed E-state index contributed by atoms with van der Waals surface area (Å²) in [7, 11) is 1.64. The van der Waals surface area contributed by atoms with Crippen LogP contribution >= 0.6 is 0 Å². The van der Waals surface area contributed by atoms with Gasteiger partial charge in [-0.05, 0) is 42.9 Å². The van der Waals surface area contributed by atoms with Gasteiger partial charge in [-0.15, -0.1) is 0 Å². The van der Waals surface area contributed by atoms with Crippen LogP contribution in [0.5, 0.6) is 5.75 Å². The minimum absolute atomic E-state index is 0.00459. The number of aromatic nitrogens is 2. The van der Waals surface area contributed by atoms with Crippen LogP contribution in [0, 0.1) is 0 Å². The van der Waals surface area contributed by atoms with E-state index in [1.807, 2.05) is 42.5 Å². The molecule has 1 aromatic heterocycles. The van der Waals surface area contributed by atoms with E-state index >= 15 is 0 Å². The van der Waals surface area contributed by atoms with E-state index in [1.54, 1.807) is 13.2 Å². The SMILES string of the molecule is CCN(CC)C(CNC(=O)Cn1c(=O)cnc2ccccc21)c1cccc(OC)c1. The Morgan fingerprint density at radius 2 is 1.93 bits per heavy atom. The highest BCUT2D eigenvalue weighted by molar-refractivity contribution is 5.80. The monoisotopic (exact) mass is 408 g/mol. The predicted octanol–water partition coefficient (Wildman–Crippen LogP) is 2.60. The van der Waals surface area contributed by atoms with E-state index in [4.69, 9.17) is 4.74 Å². The largest absolute Gasteiger partial charge is 0.497 e. The van der Waals surface area contributed by atoms with Gasteiger partial charge in [-0.25, -0.2) is 4.98 Å². The fourth-order valence-electron chi connectivity index (χ4n) is 3.66. The summed E-state index contributed by atoms with van der Waals surface area (Å²) in [5.74, 6) is 0.569. The number of ether oxygens (including phenoxy) is 1. The molecule has 0 fully saturated rings. The van der Waals surface area contributed by atoms with E-state index < -0.39 is 0 Å². The van der Waals surface area contributed by atoms with Gasteiger partial charge in [0.15, 0.2) is 0 Å². The summed E-state index contributed by atoms with van der Waals surface area (Å²) in [4.78, 5) is 31.5. The van der Waals surface area contributed by atoms with Gasteiger partial charge in [0.2, 0.25) is 5.91 Å². The highest BCUT2D eigenvalue weighted by atomic mass is 16.5. The number of nitrogens with one attached hydrogen (secondary N) is 1. The Morgan fingerprint density at radius 3 is 2.67 bits per heavy atom. The van der Waals surface area contributed by atoms with Crippen molar-refractivity contribution >= 4 is 16.9 Å². The molecule has 7 heteroatoms. The van der Waals surface area contributed by atoms with Crippen LogP contribution in [0.25, 0.3) is 11.0 Å². The van der Waals surface area contributed by atoms with Crippen molar-refractivity contribution in [1.82, 2.24) is 19.8 Å². The van der Waals surface area contributed by atoms with Gasteiger partial charge < -0.3 is 10.1 Å². The van der Waals surface area contributed by atoms with Crippen molar-refractivity contribution in [2.45, 2.75) is 26.4 Å². The summed E-state index contributed by atoms with van der Waals surface area (Å²) in [6.07, 6.45) is 1.25. The van der Waals surface area contributed by atoms with Crippen LogP contribution in [0.4, 0.5) is 0 Å². The minimum atomic E-state index is -0.295. The molecular weight excluding hydrogens is 380 g/mol. The first-order chi connectivity index (χ1) is 14.6. The molecule has 0 radical (unpaired) electrons. The number of likely N-dealkylation sites (N-methyl/N-ethyl adjacent to an activating group) is 1. The molecule has 1 N–H and O–H groups in total. The third-order valence-corrected chi connectivity index (χ3v) is 5.28. The van der Waals surface area contributed by atoms with Crippen molar-refractivity contribution in [1.29, 1.82) is 0 Å². The molecule has 0 spiro atoms. The van der Waals surface area contributed by atoms with Crippen LogP contribution in [-0.2, 0) is 11.3 Å². The van der Waals surface area contributed by atoms with Gasteiger partial charge in [-0.1, -0.05) is 38.1 Å². The van der Waals surface area contributed by atoms with E-state index in [0.29, 0.717) is 17.6 Å². The predicted molar refractivity (Wildman–Crippen MR) is 118 cm³/mol. The lowest BCUT2D eigenvalue weighted by Gasteiger charge is -2.30. The Bertz CT molecular complexity index is 1060. The molecule has 30 heavy (non-hydrogen) atoms. The maximum absolute atomic E-state index is 12.7. The molecule has 2 aromatic carbocycles. The van der Waals surface area contributed by atoms with Crippen molar-refractivity contribution in [3.63, 3.8) is 0 Å². The quantitative estimate of drug-likeness (QED) is 0.589. The summed E-state index contributed by atoms with van der Waals surface area (Å²) >= 11 is 0. The summed E-state index contributed by atoms with van der Waals surface area (Å²) < 4.78 is 6.81. The first kappa shape index (κ1) is 21.5. The third kappa shape index (κ3) is 4.86. The lowest BCUT2D eigenvalue weighted by atomic mass is 10.0. The number of carbonyl (C=O) groups excluding carboxylic acids is 1. The molecule has 158 valence electrons. The number of carbonyl (C=O) groups is 1. The molecule has 1 unspecified atom stereocenters. The molecule has 1 heterocycles. The van der Waals surface area contributed by atoms with Gasteiger partial charge in [0.1, 0.15) is 12.3 Å². The molecule has 3 rings (SSSR count). The smallest absolute Gasteiger partial charge is 0.269 e. The van der Waals surface area contributed by atoms with E-state index in [0.717, 1.165) is 24.4 Å². The van der Waals surface area contributed by atoms with Crippen LogP contribution in [0.2, 0.25) is 0 Å². The zero-order valence-corrected chi connectivity index (χ0v) is 17.7. The third-order valence-electron chi connectivity index (χ3n) is 5.28. The lowest BCUT2D eigenvalue weighted by molar-refractivity contribution is -0.121. The van der Waals surface area contributed by atoms with Gasteiger partial charge in [0, 0.05) is 6.54 Å². The number of rotatable bonds is 9. The van der Waals surface area contributed by atoms with Crippen LogP contribution in [-0.4, -0.2) is 47.1 Å². The Hall–Kier alpha value is -3.19. The second-order valence-corrected chi connectivity index (χ2v) is 6.99. The lowest BCUT2D eigenvalue weighted by Crippen LogP contribution is -2.40. The van der Waals surface area contributed by atoms with Crippen LogP contribution in [0.1, 0.15) is 25.5 Å². The number of fused-ring (bicyclic) bond motifs is 1. The molecule has 0 saturated heterocycles. The molecular formula is C23H28N4O3. The van der Waals surface area contributed by atoms with Crippen molar-refractivity contribution in [3.8, 4) is 5.75 Å². The van der Waals surface area contributed by atoms with E-state index in [-0.39, 0.29) is 24.1 Å². The summed E-state index contributed by atoms with van der Waals surface area (Å²) in [5.41, 5.74) is 2.11. The molecule has 0 aliphatic carbocycles. The molecule has 1 amide bonds. The fraction of sp³-hybridized carbons (Fsp3) is 0.348. The summed E-state index contributed by atoms with van der Waals surface area (Å²) in [6, 6.07) is 15.2. The van der Waals surface area contributed by atoms with Crippen molar-refractivity contribution in [2.24, 2.45) is 0 Å². The molecule has 0 saturated carbocycles. The fourth-order valence-corrected chi connectivity index (χ4v) is 3.66. The number of para-hydroxylation sites is 2. The van der Waals surface area contributed by atoms with Crippen molar-refractivity contribution in [3.05, 3.63) is 70.6 Å². The van der Waals surface area contributed by atoms with Crippen molar-refractivity contribution < 1.29 is 9.53 Å². The normalized spacial score (nSPS) is 12.1. The molecule has 7 nitrogen and oxygen atoms in total. The molecule has 0 bridgehead atoms. The summed E-state index contributed by atoms with van der Waals surface area (Å²) in [6.45, 7) is 6.28. The van der Waals surface area contributed by atoms with Gasteiger partial charge in [-0.2, -0.15) is 0 Å². The number of nitrogens with zero attached hydrogens (tertiary/aromatic N) is 3. The first-order valence-electron chi connectivity index (χ1n) is 10.2. The van der Waals surface area contributed by atoms with Crippen molar-refractivity contribution in [2.75, 3.05) is 26.7 Å². The van der Waals surface area contributed by atoms with Crippen LogP contribution in [0.15, 0.2) is 59.5 Å². The minimum Gasteiger partial charge on any atom is -0.497 e. The number of amides is 1. The molecule has 0 aliphatic heterocycles. The average Bonchev–Trinajstić information content (AvgIpc) is 2.78. The van der Waals surface area contributed by atoms with E-state index in [1.165, 1.54) is 10.8 Å². The summed E-state index contributed by atoms with van der Waals surface area (Å²) in [5, 5.41) is 3.01. The molecule has 0 aliphatic rings. The highest BCUT2D eigenvalue weighted by Gasteiger charge is 2.20. The van der Waals surface area contributed by atoms with E-state index in [9.17, 15) is 9.59 Å². The number of hydrogen-bond acceptors (Lipinski definition) is 5. The highest BCUT2D eigenvalue weighted by Crippen LogP contribution is 2.23. The van der Waals surface area contributed by atoms with E-state index in [2.05, 4.69) is 29.0 Å². The molecule has 1 atom stereocenters. The first-order valence-corrected chi connectivity index (χ1v) is 10.2. The Labute approximate surface area is 176 Å². The second-order valence-electron chi connectivity index (χ2n) is 6.99. The van der Waals surface area contributed by atoms with Crippen LogP contribution in [0.3, 0.4) is 0 Å².